The Kier molecular flexibility index (Phi) is 15.7. The summed E-state index contributed by atoms with van der Waals surface area (Å²) in [4.78, 5) is 33.4. The monoisotopic (exact) mass is 594 g/mol. The van der Waals surface area contributed by atoms with Crippen molar-refractivity contribution in [3.63, 3.8) is 0 Å². The van der Waals surface area contributed by atoms with Crippen molar-refractivity contribution >= 4 is 34.7 Å². The number of carbonyl (C=O) groups is 2. The number of ether oxygens (including phenoxy) is 2. The van der Waals surface area contributed by atoms with Gasteiger partial charge >= 0.3 is 11.9 Å². The highest BCUT2D eigenvalue weighted by Gasteiger charge is 2.22. The van der Waals surface area contributed by atoms with Gasteiger partial charge in [0, 0.05) is 6.42 Å². The van der Waals surface area contributed by atoms with Crippen LogP contribution in [-0.4, -0.2) is 44.0 Å². The number of rotatable bonds is 21. The number of nitrogens with zero attached hydrogens (tertiary/aromatic N) is 4. The number of hydrogen-bond donors (Lipinski definition) is 0. The van der Waals surface area contributed by atoms with Gasteiger partial charge in [-0.2, -0.15) is 9.78 Å². The van der Waals surface area contributed by atoms with E-state index in [2.05, 4.69) is 34.1 Å². The van der Waals surface area contributed by atoms with Gasteiger partial charge in [0.15, 0.2) is 5.52 Å². The summed E-state index contributed by atoms with van der Waals surface area (Å²) in [6.07, 6.45) is 22.0. The zero-order valence-corrected chi connectivity index (χ0v) is 26.1. The van der Waals surface area contributed by atoms with Gasteiger partial charge in [-0.3, -0.25) is 9.59 Å². The van der Waals surface area contributed by atoms with E-state index in [1.807, 2.05) is 30.3 Å². The van der Waals surface area contributed by atoms with Crippen LogP contribution in [0.5, 0.6) is 5.88 Å². The molecule has 0 saturated carbocycles. The number of esters is 2. The molecular weight excluding hydrogens is 548 g/mol. The Morgan fingerprint density at radius 1 is 0.810 bits per heavy atom. The molecule has 0 aliphatic heterocycles. The number of hydrogen-bond acceptors (Lipinski definition) is 8. The molecule has 0 bridgehead atoms. The minimum absolute atomic E-state index is 0.1000. The number of unbranched alkanes of at least 4 members (excludes halogenated alkanes) is 11. The quantitative estimate of drug-likeness (QED) is 0.0399. The lowest BCUT2D eigenvalue weighted by molar-refractivity contribution is -0.140. The molecule has 0 atom stereocenters. The molecule has 0 aliphatic rings. The van der Waals surface area contributed by atoms with Gasteiger partial charge < -0.3 is 9.47 Å². The van der Waals surface area contributed by atoms with E-state index in [1.165, 1.54) is 75.9 Å². The van der Waals surface area contributed by atoms with Gasteiger partial charge in [-0.15, -0.1) is 0 Å². The van der Waals surface area contributed by atoms with Crippen molar-refractivity contribution < 1.29 is 19.1 Å². The highest BCUT2D eigenvalue weighted by molar-refractivity contribution is 8.00. The Balaban J connectivity index is 1.46. The molecular formula is C33H46N4O4S. The SMILES string of the molecule is CCCCCCCCC=CCCCCCCCC(=O)Oc1c2ncnc(SCC(=O)OCC)c2nn1-c1ccccc1. The fourth-order valence-corrected chi connectivity index (χ4v) is 5.36. The third-order valence-corrected chi connectivity index (χ3v) is 7.82. The number of carbonyl (C=O) groups excluding carboxylic acids is 2. The maximum absolute atomic E-state index is 12.9. The molecule has 0 radical (unpaired) electrons. The molecule has 0 spiro atoms. The van der Waals surface area contributed by atoms with E-state index in [-0.39, 0.29) is 23.6 Å². The van der Waals surface area contributed by atoms with E-state index in [4.69, 9.17) is 9.47 Å². The van der Waals surface area contributed by atoms with Gasteiger partial charge in [0.1, 0.15) is 16.9 Å². The Hall–Kier alpha value is -3.20. The zero-order chi connectivity index (χ0) is 29.8. The van der Waals surface area contributed by atoms with Crippen LogP contribution in [0.2, 0.25) is 0 Å². The van der Waals surface area contributed by atoms with Crippen molar-refractivity contribution in [1.29, 1.82) is 0 Å². The van der Waals surface area contributed by atoms with Crippen molar-refractivity contribution in [2.24, 2.45) is 0 Å². The van der Waals surface area contributed by atoms with Crippen molar-refractivity contribution in [2.45, 2.75) is 109 Å². The van der Waals surface area contributed by atoms with Crippen LogP contribution < -0.4 is 4.74 Å². The molecule has 2 aromatic heterocycles. The molecule has 0 amide bonds. The van der Waals surface area contributed by atoms with E-state index >= 15 is 0 Å². The van der Waals surface area contributed by atoms with E-state index in [0.717, 1.165) is 31.4 Å². The largest absolute Gasteiger partial charge is 0.465 e. The summed E-state index contributed by atoms with van der Waals surface area (Å²) in [7, 11) is 0. The lowest BCUT2D eigenvalue weighted by Crippen LogP contribution is -2.11. The molecule has 9 heteroatoms. The standard InChI is InChI=1S/C33H46N4O4S/c1-3-5-6-7-8-9-10-11-12-13-14-15-16-17-21-24-28(38)41-33-31-30(36-37(33)27-22-19-18-20-23-27)32(35-26-34-31)42-25-29(39)40-4-2/h11-12,18-20,22-23,26H,3-10,13-17,21,24-25H2,1-2H3. The van der Waals surface area contributed by atoms with Crippen molar-refractivity contribution in [3.05, 3.63) is 48.8 Å². The minimum atomic E-state index is -0.330. The van der Waals surface area contributed by atoms with Crippen molar-refractivity contribution in [1.82, 2.24) is 19.7 Å². The summed E-state index contributed by atoms with van der Waals surface area (Å²) in [5.41, 5.74) is 1.64. The molecule has 3 rings (SSSR count). The zero-order valence-electron chi connectivity index (χ0n) is 25.3. The fourth-order valence-electron chi connectivity index (χ4n) is 4.63. The summed E-state index contributed by atoms with van der Waals surface area (Å²) in [6.45, 7) is 4.34. The molecule has 8 nitrogen and oxygen atoms in total. The molecule has 0 aliphatic carbocycles. The number of allylic oxidation sites excluding steroid dienone is 2. The third kappa shape index (κ3) is 11.6. The van der Waals surface area contributed by atoms with Crippen LogP contribution in [-0.2, 0) is 14.3 Å². The van der Waals surface area contributed by atoms with Crippen LogP contribution in [0.1, 0.15) is 104 Å². The first kappa shape index (κ1) is 33.3. The molecule has 3 aromatic rings. The van der Waals surface area contributed by atoms with E-state index in [9.17, 15) is 9.59 Å². The van der Waals surface area contributed by atoms with E-state index in [0.29, 0.717) is 29.1 Å². The van der Waals surface area contributed by atoms with E-state index < -0.39 is 0 Å². The lowest BCUT2D eigenvalue weighted by Gasteiger charge is -2.08. The highest BCUT2D eigenvalue weighted by Crippen LogP contribution is 2.32. The fraction of sp³-hybridized carbons (Fsp3) is 0.545. The molecule has 0 saturated heterocycles. The lowest BCUT2D eigenvalue weighted by atomic mass is 10.1. The maximum Gasteiger partial charge on any atom is 0.316 e. The second-order valence-electron chi connectivity index (χ2n) is 10.3. The Bertz CT molecular complexity index is 1250. The summed E-state index contributed by atoms with van der Waals surface area (Å²) < 4.78 is 12.5. The maximum atomic E-state index is 12.9. The van der Waals surface area contributed by atoms with Crippen LogP contribution in [0.3, 0.4) is 0 Å². The minimum Gasteiger partial charge on any atom is -0.465 e. The summed E-state index contributed by atoms with van der Waals surface area (Å²) in [6, 6.07) is 9.45. The van der Waals surface area contributed by atoms with Gasteiger partial charge in [0.05, 0.1) is 18.0 Å². The van der Waals surface area contributed by atoms with Crippen LogP contribution in [0.25, 0.3) is 16.7 Å². The second kappa shape index (κ2) is 19.8. The number of para-hydroxylation sites is 1. The first-order chi connectivity index (χ1) is 20.6. The van der Waals surface area contributed by atoms with Crippen molar-refractivity contribution in [2.75, 3.05) is 12.4 Å². The predicted molar refractivity (Wildman–Crippen MR) is 169 cm³/mol. The first-order valence-corrected chi connectivity index (χ1v) is 16.6. The van der Waals surface area contributed by atoms with Gasteiger partial charge in [-0.25, -0.2) is 9.97 Å². The Labute approximate surface area is 254 Å². The number of aromatic nitrogens is 4. The summed E-state index contributed by atoms with van der Waals surface area (Å²) >= 11 is 1.22. The normalized spacial score (nSPS) is 11.4. The third-order valence-electron chi connectivity index (χ3n) is 6.87. The Morgan fingerprint density at radius 2 is 1.48 bits per heavy atom. The Morgan fingerprint density at radius 3 is 2.17 bits per heavy atom. The van der Waals surface area contributed by atoms with Crippen LogP contribution in [0.15, 0.2) is 53.8 Å². The number of fused-ring (bicyclic) bond motifs is 1. The topological polar surface area (TPSA) is 96.2 Å². The average molecular weight is 595 g/mol. The average Bonchev–Trinajstić information content (AvgIpc) is 3.37. The van der Waals surface area contributed by atoms with Crippen LogP contribution in [0.4, 0.5) is 0 Å². The molecule has 2 heterocycles. The molecule has 0 N–H and O–H groups in total. The van der Waals surface area contributed by atoms with Gasteiger partial charge in [-0.05, 0) is 51.2 Å². The molecule has 42 heavy (non-hydrogen) atoms. The van der Waals surface area contributed by atoms with E-state index in [1.54, 1.807) is 11.6 Å². The molecule has 1 aromatic carbocycles. The highest BCUT2D eigenvalue weighted by atomic mass is 32.2. The number of benzene rings is 1. The second-order valence-corrected chi connectivity index (χ2v) is 11.3. The summed E-state index contributed by atoms with van der Waals surface area (Å²) in [5, 5.41) is 5.20. The van der Waals surface area contributed by atoms with Crippen LogP contribution in [0, 0.1) is 0 Å². The summed E-state index contributed by atoms with van der Waals surface area (Å²) in [5.74, 6) is -0.286. The smallest absolute Gasteiger partial charge is 0.316 e. The number of thioether (sulfide) groups is 1. The molecule has 228 valence electrons. The van der Waals surface area contributed by atoms with Gasteiger partial charge in [0.2, 0.25) is 0 Å². The first-order valence-electron chi connectivity index (χ1n) is 15.6. The van der Waals surface area contributed by atoms with Gasteiger partial charge in [0.25, 0.3) is 5.88 Å². The molecule has 0 fully saturated rings. The predicted octanol–water partition coefficient (Wildman–Crippen LogP) is 8.41. The molecule has 0 unspecified atom stereocenters. The van der Waals surface area contributed by atoms with Crippen molar-refractivity contribution in [3.8, 4) is 11.6 Å². The van der Waals surface area contributed by atoms with Crippen LogP contribution >= 0.6 is 11.8 Å². The van der Waals surface area contributed by atoms with Gasteiger partial charge in [-0.1, -0.05) is 100 Å².